The lowest BCUT2D eigenvalue weighted by Gasteiger charge is -2.22. The van der Waals surface area contributed by atoms with Gasteiger partial charge in [0.1, 0.15) is 12.1 Å². The van der Waals surface area contributed by atoms with E-state index in [0.29, 0.717) is 10.0 Å². The van der Waals surface area contributed by atoms with E-state index in [1.54, 1.807) is 24.3 Å². The van der Waals surface area contributed by atoms with Gasteiger partial charge in [0.25, 0.3) is 17.6 Å². The van der Waals surface area contributed by atoms with Crippen LogP contribution in [0.25, 0.3) is 10.8 Å². The van der Waals surface area contributed by atoms with E-state index in [9.17, 15) is 29.1 Å². The average Bonchev–Trinajstić information content (AvgIpc) is 3.03. The highest BCUT2D eigenvalue weighted by molar-refractivity contribution is 9.10. The predicted octanol–water partition coefficient (Wildman–Crippen LogP) is 2.46. The maximum absolute atomic E-state index is 13.4. The highest BCUT2D eigenvalue weighted by Gasteiger charge is 2.29. The summed E-state index contributed by atoms with van der Waals surface area (Å²) in [5.74, 6) is -5.48. The van der Waals surface area contributed by atoms with Crippen molar-refractivity contribution >= 4 is 98.6 Å². The van der Waals surface area contributed by atoms with Gasteiger partial charge in [-0.3, -0.25) is 30.0 Å². The van der Waals surface area contributed by atoms with Crippen molar-refractivity contribution in [3.63, 3.8) is 0 Å². The van der Waals surface area contributed by atoms with Gasteiger partial charge in [0, 0.05) is 23.1 Å². The van der Waals surface area contributed by atoms with Gasteiger partial charge in [-0.15, -0.1) is 24.8 Å². The molecule has 0 spiro atoms. The van der Waals surface area contributed by atoms with Gasteiger partial charge in [-0.2, -0.15) is 0 Å². The van der Waals surface area contributed by atoms with Crippen molar-refractivity contribution in [2.75, 3.05) is 18.4 Å². The van der Waals surface area contributed by atoms with E-state index in [1.807, 2.05) is 24.3 Å². The Morgan fingerprint density at radius 1 is 0.776 bits per heavy atom. The van der Waals surface area contributed by atoms with Crippen molar-refractivity contribution in [2.45, 2.75) is 37.8 Å². The molecule has 0 aliphatic heterocycles. The fraction of sp³-hybridized carbons (Fsp3) is 0.258. The zero-order valence-electron chi connectivity index (χ0n) is 26.0. The number of nitrogens with one attached hydrogen (secondary N) is 7. The molecular formula is C31H38BrCl2N9O6. The number of ketones is 1. The number of guanidine groups is 2. The number of carboxylic acid groups (broad SMARTS) is 1. The molecule has 3 rings (SSSR count). The van der Waals surface area contributed by atoms with Crippen molar-refractivity contribution in [3.05, 3.63) is 76.3 Å². The van der Waals surface area contributed by atoms with Crippen LogP contribution in [0, 0.1) is 10.8 Å². The lowest BCUT2D eigenvalue weighted by Crippen LogP contribution is -2.53. The van der Waals surface area contributed by atoms with Gasteiger partial charge in [-0.05, 0) is 66.8 Å². The minimum Gasteiger partial charge on any atom is -0.480 e. The van der Waals surface area contributed by atoms with Crippen molar-refractivity contribution in [3.8, 4) is 0 Å². The number of aliphatic carboxylic acids is 1. The van der Waals surface area contributed by atoms with Crippen LogP contribution in [0.1, 0.15) is 46.4 Å². The zero-order valence-corrected chi connectivity index (χ0v) is 29.2. The summed E-state index contributed by atoms with van der Waals surface area (Å²) in [7, 11) is 0. The Labute approximate surface area is 302 Å². The SMILES string of the molecule is Cl.Cl.N=C(N)NCCCC(NC(=O)C(CCCNC(=N)N)NC(=O)C(=O)c1cc(Br)ccc1NC(=O)c1ccc2ccccc2c1)C(=O)O. The number of rotatable bonds is 16. The van der Waals surface area contributed by atoms with Crippen LogP contribution >= 0.6 is 40.7 Å². The highest BCUT2D eigenvalue weighted by Crippen LogP contribution is 2.24. The van der Waals surface area contributed by atoms with Gasteiger partial charge in [0.2, 0.25) is 5.91 Å². The molecule has 0 aliphatic carbocycles. The third kappa shape index (κ3) is 13.2. The van der Waals surface area contributed by atoms with Crippen LogP contribution < -0.4 is 38.1 Å². The maximum atomic E-state index is 13.4. The van der Waals surface area contributed by atoms with E-state index >= 15 is 0 Å². The van der Waals surface area contributed by atoms with Gasteiger partial charge in [-0.25, -0.2) is 4.79 Å². The molecule has 0 radical (unpaired) electrons. The first kappa shape index (κ1) is 42.1. The summed E-state index contributed by atoms with van der Waals surface area (Å²) in [5.41, 5.74) is 10.8. The van der Waals surface area contributed by atoms with Crippen LogP contribution in [0.4, 0.5) is 5.69 Å². The zero-order chi connectivity index (χ0) is 34.5. The molecule has 0 fully saturated rings. The standard InChI is InChI=1S/C31H36BrN9O6.2ClH/c32-20-11-12-22(39-26(43)19-10-9-17-5-1-2-6-18(17)15-19)21(16-20)25(42)28(45)40-23(7-3-13-37-30(33)34)27(44)41-24(29(46)47)8-4-14-38-31(35)36;;/h1-2,5-6,9-12,15-16,23-24H,3-4,7-8,13-14H2,(H,39,43)(H,40,45)(H,41,44)(H,46,47)(H4,33,34,37)(H4,35,36,38);2*1H. The molecule has 0 aromatic heterocycles. The topological polar surface area (TPSA) is 265 Å². The molecule has 0 saturated carbocycles. The first-order chi connectivity index (χ1) is 22.3. The molecule has 0 saturated heterocycles. The Bertz CT molecular complexity index is 1690. The van der Waals surface area contributed by atoms with E-state index in [0.717, 1.165) is 10.8 Å². The van der Waals surface area contributed by atoms with Crippen molar-refractivity contribution < 1.29 is 29.1 Å². The molecule has 49 heavy (non-hydrogen) atoms. The molecule has 0 bridgehead atoms. The third-order valence-corrected chi connectivity index (χ3v) is 7.39. The Hall–Kier alpha value is -4.93. The first-order valence-electron chi connectivity index (χ1n) is 14.5. The van der Waals surface area contributed by atoms with Crippen LogP contribution in [0.15, 0.2) is 65.1 Å². The number of anilines is 1. The van der Waals surface area contributed by atoms with Gasteiger partial charge < -0.3 is 43.2 Å². The molecule has 15 nitrogen and oxygen atoms in total. The molecule has 2 atom stereocenters. The van der Waals surface area contributed by atoms with Crippen LogP contribution in [0.3, 0.4) is 0 Å². The minimum atomic E-state index is -1.33. The number of hydrogen-bond acceptors (Lipinski definition) is 7. The van der Waals surface area contributed by atoms with Crippen LogP contribution in [0.5, 0.6) is 0 Å². The molecule has 3 aromatic rings. The minimum absolute atomic E-state index is 0. The fourth-order valence-electron chi connectivity index (χ4n) is 4.54. The lowest BCUT2D eigenvalue weighted by atomic mass is 10.0. The number of hydrogen-bond donors (Lipinski definition) is 10. The summed E-state index contributed by atoms with van der Waals surface area (Å²) in [4.78, 5) is 64.9. The molecular weight excluding hydrogens is 745 g/mol. The summed E-state index contributed by atoms with van der Waals surface area (Å²) in [6.07, 6.45) is 0.431. The number of amides is 3. The second-order valence-corrected chi connectivity index (χ2v) is 11.3. The van der Waals surface area contributed by atoms with E-state index in [-0.39, 0.29) is 86.8 Å². The molecule has 3 amide bonds. The molecule has 2 unspecified atom stereocenters. The number of carbonyl (C=O) groups excluding carboxylic acids is 4. The molecule has 3 aromatic carbocycles. The number of benzene rings is 3. The van der Waals surface area contributed by atoms with E-state index in [2.05, 4.69) is 42.5 Å². The van der Waals surface area contributed by atoms with E-state index in [4.69, 9.17) is 22.3 Å². The average molecular weight is 784 g/mol. The summed E-state index contributed by atoms with van der Waals surface area (Å²) < 4.78 is 0.450. The van der Waals surface area contributed by atoms with Crippen molar-refractivity contribution in [1.82, 2.24) is 21.3 Å². The largest absolute Gasteiger partial charge is 0.480 e. The fourth-order valence-corrected chi connectivity index (χ4v) is 4.90. The van der Waals surface area contributed by atoms with Gasteiger partial charge in [0.05, 0.1) is 11.3 Å². The van der Waals surface area contributed by atoms with E-state index in [1.165, 1.54) is 12.1 Å². The molecule has 0 aliphatic rings. The third-order valence-electron chi connectivity index (χ3n) is 6.90. The normalized spacial score (nSPS) is 11.4. The molecule has 12 N–H and O–H groups in total. The summed E-state index contributed by atoms with van der Waals surface area (Å²) in [5, 5.41) is 38.5. The van der Waals surface area contributed by atoms with Crippen molar-refractivity contribution in [2.24, 2.45) is 11.5 Å². The number of nitrogens with two attached hydrogens (primary N) is 2. The number of carbonyl (C=O) groups is 5. The van der Waals surface area contributed by atoms with Gasteiger partial charge in [0.15, 0.2) is 11.9 Å². The van der Waals surface area contributed by atoms with Gasteiger partial charge in [-0.1, -0.05) is 46.3 Å². The number of Topliss-reactive ketones (excluding diaryl/α,β-unsaturated/α-hetero) is 1. The Morgan fingerprint density at radius 2 is 1.37 bits per heavy atom. The summed E-state index contributed by atoms with van der Waals surface area (Å²) >= 11 is 3.28. The predicted molar refractivity (Wildman–Crippen MR) is 195 cm³/mol. The molecule has 0 heterocycles. The number of fused-ring (bicyclic) bond motifs is 1. The Balaban J connectivity index is 0.00000600. The monoisotopic (exact) mass is 781 g/mol. The smallest absolute Gasteiger partial charge is 0.326 e. The number of halogens is 3. The lowest BCUT2D eigenvalue weighted by molar-refractivity contribution is -0.142. The molecule has 264 valence electrons. The Morgan fingerprint density at radius 3 is 1.96 bits per heavy atom. The Kier molecular flexibility index (Phi) is 17.6. The van der Waals surface area contributed by atoms with E-state index < -0.39 is 41.6 Å². The quantitative estimate of drug-likeness (QED) is 0.0334. The highest BCUT2D eigenvalue weighted by atomic mass is 79.9. The maximum Gasteiger partial charge on any atom is 0.326 e. The summed E-state index contributed by atoms with van der Waals surface area (Å²) in [6.45, 7) is 0.366. The second kappa shape index (κ2) is 20.4. The first-order valence-corrected chi connectivity index (χ1v) is 15.3. The second-order valence-electron chi connectivity index (χ2n) is 10.4. The van der Waals surface area contributed by atoms with Crippen LogP contribution in [-0.4, -0.2) is 71.7 Å². The van der Waals surface area contributed by atoms with Crippen LogP contribution in [-0.2, 0) is 14.4 Å². The van der Waals surface area contributed by atoms with Gasteiger partial charge >= 0.3 is 5.97 Å². The summed E-state index contributed by atoms with van der Waals surface area (Å²) in [6, 6.07) is 14.4. The molecule has 18 heteroatoms. The van der Waals surface area contributed by atoms with Crippen LogP contribution in [0.2, 0.25) is 0 Å². The number of carboxylic acids is 1. The van der Waals surface area contributed by atoms with Crippen molar-refractivity contribution in [1.29, 1.82) is 10.8 Å².